The van der Waals surface area contributed by atoms with Crippen molar-refractivity contribution in [1.29, 1.82) is 0 Å². The van der Waals surface area contributed by atoms with Gasteiger partial charge in [0, 0.05) is 0 Å². The summed E-state index contributed by atoms with van der Waals surface area (Å²) in [5.74, 6) is 0. The van der Waals surface area contributed by atoms with E-state index in [4.69, 9.17) is 9.47 Å². The second kappa shape index (κ2) is 6.49. The van der Waals surface area contributed by atoms with Crippen LogP contribution in [0.5, 0.6) is 0 Å². The first-order valence-electron chi connectivity index (χ1n) is 6.54. The lowest BCUT2D eigenvalue weighted by Gasteiger charge is -2.22. The monoisotopic (exact) mass is 211 g/mol. The van der Waals surface area contributed by atoms with Gasteiger partial charge in [0.15, 0.2) is 0 Å². The molecule has 0 saturated heterocycles. The lowest BCUT2D eigenvalue weighted by atomic mass is 9.98. The molecular weight excluding hydrogens is 188 g/mol. The molecule has 2 saturated carbocycles. The SMILES string of the molecule is [CH](COC1CCCC1)OC1CCCCC1. The lowest BCUT2D eigenvalue weighted by molar-refractivity contribution is 0.00684. The number of hydrogen-bond acceptors (Lipinski definition) is 2. The van der Waals surface area contributed by atoms with E-state index in [-0.39, 0.29) is 0 Å². The number of rotatable bonds is 5. The van der Waals surface area contributed by atoms with Crippen molar-refractivity contribution in [1.82, 2.24) is 0 Å². The molecule has 0 aromatic carbocycles. The van der Waals surface area contributed by atoms with Crippen molar-refractivity contribution >= 4 is 0 Å². The standard InChI is InChI=1S/C13H23O2/c1-2-6-12(7-3-1)14-10-11-15-13-8-4-5-9-13/h10,12-13H,1-9,11H2. The molecular formula is C13H23O2. The molecule has 0 spiro atoms. The third-order valence-electron chi connectivity index (χ3n) is 3.54. The zero-order valence-corrected chi connectivity index (χ0v) is 9.62. The van der Waals surface area contributed by atoms with E-state index in [0.29, 0.717) is 18.8 Å². The first-order chi connectivity index (χ1) is 7.45. The Labute approximate surface area is 93.3 Å². The predicted molar refractivity (Wildman–Crippen MR) is 60.5 cm³/mol. The summed E-state index contributed by atoms with van der Waals surface area (Å²) in [6.45, 7) is 2.56. The Balaban J connectivity index is 1.47. The molecule has 0 heterocycles. The van der Waals surface area contributed by atoms with Gasteiger partial charge in [-0.15, -0.1) is 0 Å². The summed E-state index contributed by atoms with van der Waals surface area (Å²) in [5.41, 5.74) is 0. The normalized spacial score (nSPS) is 24.8. The van der Waals surface area contributed by atoms with Gasteiger partial charge >= 0.3 is 0 Å². The fourth-order valence-electron chi connectivity index (χ4n) is 2.61. The molecule has 2 aliphatic carbocycles. The van der Waals surface area contributed by atoms with Crippen LogP contribution in [0.1, 0.15) is 57.8 Å². The molecule has 0 N–H and O–H groups in total. The smallest absolute Gasteiger partial charge is 0.110 e. The van der Waals surface area contributed by atoms with E-state index in [2.05, 4.69) is 0 Å². The molecule has 0 unspecified atom stereocenters. The summed E-state index contributed by atoms with van der Waals surface area (Å²) in [4.78, 5) is 0. The molecule has 0 atom stereocenters. The molecule has 0 aromatic rings. The quantitative estimate of drug-likeness (QED) is 0.648. The Morgan fingerprint density at radius 2 is 1.40 bits per heavy atom. The van der Waals surface area contributed by atoms with E-state index in [1.165, 1.54) is 57.8 Å². The Bertz CT molecular complexity index is 158. The van der Waals surface area contributed by atoms with Gasteiger partial charge in [-0.25, -0.2) is 0 Å². The highest BCUT2D eigenvalue weighted by molar-refractivity contribution is 4.69. The summed E-state index contributed by atoms with van der Waals surface area (Å²) in [6, 6.07) is 0. The van der Waals surface area contributed by atoms with E-state index in [1.54, 1.807) is 0 Å². The average molecular weight is 211 g/mol. The first kappa shape index (κ1) is 11.4. The largest absolute Gasteiger partial charge is 0.375 e. The highest BCUT2D eigenvalue weighted by Gasteiger charge is 2.16. The Hall–Kier alpha value is -0.0800. The summed E-state index contributed by atoms with van der Waals surface area (Å²) in [6.07, 6.45) is 12.7. The second-order valence-electron chi connectivity index (χ2n) is 4.80. The van der Waals surface area contributed by atoms with Crippen LogP contribution in [0.25, 0.3) is 0 Å². The van der Waals surface area contributed by atoms with Gasteiger partial charge in [0.1, 0.15) is 6.61 Å². The van der Waals surface area contributed by atoms with Gasteiger partial charge in [-0.3, -0.25) is 0 Å². The van der Waals surface area contributed by atoms with Crippen molar-refractivity contribution in [3.63, 3.8) is 0 Å². The van der Waals surface area contributed by atoms with Crippen LogP contribution in [0.3, 0.4) is 0 Å². The molecule has 2 nitrogen and oxygen atoms in total. The number of hydrogen-bond donors (Lipinski definition) is 0. The van der Waals surface area contributed by atoms with E-state index >= 15 is 0 Å². The van der Waals surface area contributed by atoms with Crippen LogP contribution in [0.15, 0.2) is 0 Å². The third kappa shape index (κ3) is 4.12. The van der Waals surface area contributed by atoms with Gasteiger partial charge in [-0.05, 0) is 25.7 Å². The molecule has 0 aromatic heterocycles. The maximum Gasteiger partial charge on any atom is 0.110 e. The van der Waals surface area contributed by atoms with Crippen LogP contribution >= 0.6 is 0 Å². The van der Waals surface area contributed by atoms with Crippen LogP contribution in [0.4, 0.5) is 0 Å². The lowest BCUT2D eigenvalue weighted by Crippen LogP contribution is -2.17. The maximum absolute atomic E-state index is 5.71. The van der Waals surface area contributed by atoms with Crippen LogP contribution < -0.4 is 0 Å². The Morgan fingerprint density at radius 3 is 2.13 bits per heavy atom. The molecule has 0 amide bonds. The Kier molecular flexibility index (Phi) is 4.94. The van der Waals surface area contributed by atoms with Gasteiger partial charge in [0.25, 0.3) is 0 Å². The molecule has 15 heavy (non-hydrogen) atoms. The Morgan fingerprint density at radius 1 is 0.800 bits per heavy atom. The fraction of sp³-hybridized carbons (Fsp3) is 0.923. The van der Waals surface area contributed by atoms with E-state index < -0.39 is 0 Å². The zero-order valence-electron chi connectivity index (χ0n) is 9.62. The number of ether oxygens (including phenoxy) is 2. The van der Waals surface area contributed by atoms with Crippen molar-refractivity contribution < 1.29 is 9.47 Å². The average Bonchev–Trinajstić information content (AvgIpc) is 2.79. The van der Waals surface area contributed by atoms with Gasteiger partial charge in [-0.1, -0.05) is 32.1 Å². The van der Waals surface area contributed by atoms with Crippen molar-refractivity contribution in [2.45, 2.75) is 70.0 Å². The van der Waals surface area contributed by atoms with Crippen molar-refractivity contribution in [3.8, 4) is 0 Å². The highest BCUT2D eigenvalue weighted by Crippen LogP contribution is 2.22. The summed E-state index contributed by atoms with van der Waals surface area (Å²) >= 11 is 0. The molecule has 0 bridgehead atoms. The molecule has 0 aliphatic heterocycles. The predicted octanol–water partition coefficient (Wildman–Crippen LogP) is 3.46. The van der Waals surface area contributed by atoms with Gasteiger partial charge < -0.3 is 9.47 Å². The minimum atomic E-state index is 0.478. The highest BCUT2D eigenvalue weighted by atomic mass is 16.5. The molecule has 2 aliphatic rings. The van der Waals surface area contributed by atoms with Gasteiger partial charge in [0.05, 0.1) is 18.8 Å². The summed E-state index contributed by atoms with van der Waals surface area (Å²) in [5, 5.41) is 0. The van der Waals surface area contributed by atoms with E-state index in [1.807, 2.05) is 6.61 Å². The molecule has 2 rings (SSSR count). The fourth-order valence-corrected chi connectivity index (χ4v) is 2.61. The van der Waals surface area contributed by atoms with Gasteiger partial charge in [-0.2, -0.15) is 0 Å². The van der Waals surface area contributed by atoms with Crippen molar-refractivity contribution in [2.24, 2.45) is 0 Å². The minimum Gasteiger partial charge on any atom is -0.375 e. The van der Waals surface area contributed by atoms with E-state index in [0.717, 1.165) is 0 Å². The second-order valence-corrected chi connectivity index (χ2v) is 4.80. The van der Waals surface area contributed by atoms with E-state index in [9.17, 15) is 0 Å². The zero-order chi connectivity index (χ0) is 10.3. The topological polar surface area (TPSA) is 18.5 Å². The van der Waals surface area contributed by atoms with Crippen molar-refractivity contribution in [2.75, 3.05) is 6.61 Å². The summed E-state index contributed by atoms with van der Waals surface area (Å²) in [7, 11) is 0. The third-order valence-corrected chi connectivity index (χ3v) is 3.54. The molecule has 87 valence electrons. The van der Waals surface area contributed by atoms with Crippen molar-refractivity contribution in [3.05, 3.63) is 6.61 Å². The minimum absolute atomic E-state index is 0.478. The molecule has 1 radical (unpaired) electrons. The summed E-state index contributed by atoms with van der Waals surface area (Å²) < 4.78 is 11.4. The van der Waals surface area contributed by atoms with Crippen LogP contribution in [-0.2, 0) is 9.47 Å². The van der Waals surface area contributed by atoms with Crippen LogP contribution in [0.2, 0.25) is 0 Å². The molecule has 2 heteroatoms. The van der Waals surface area contributed by atoms with Crippen LogP contribution in [0, 0.1) is 6.61 Å². The van der Waals surface area contributed by atoms with Crippen LogP contribution in [-0.4, -0.2) is 18.8 Å². The van der Waals surface area contributed by atoms with Gasteiger partial charge in [0.2, 0.25) is 0 Å². The maximum atomic E-state index is 5.71. The molecule has 2 fully saturated rings. The first-order valence-corrected chi connectivity index (χ1v) is 6.54.